The molecule has 38 heavy (non-hydrogen) atoms. The van der Waals surface area contributed by atoms with E-state index >= 15 is 0 Å². The van der Waals surface area contributed by atoms with Crippen LogP contribution in [0.15, 0.2) is 70.5 Å². The summed E-state index contributed by atoms with van der Waals surface area (Å²) in [6.45, 7) is 4.59. The lowest BCUT2D eigenvalue weighted by Crippen LogP contribution is -2.37. The summed E-state index contributed by atoms with van der Waals surface area (Å²) >= 11 is 13.8. The van der Waals surface area contributed by atoms with Gasteiger partial charge in [-0.2, -0.15) is 0 Å². The van der Waals surface area contributed by atoms with Crippen molar-refractivity contribution in [1.29, 1.82) is 0 Å². The molecule has 1 heterocycles. The average molecular weight is 573 g/mol. The van der Waals surface area contributed by atoms with Crippen molar-refractivity contribution in [2.24, 2.45) is 0 Å². The lowest BCUT2D eigenvalue weighted by molar-refractivity contribution is -0.139. The summed E-state index contributed by atoms with van der Waals surface area (Å²) in [5.41, 5.74) is 1.69. The number of hydrogen-bond donors (Lipinski definition) is 1. The molecule has 198 valence electrons. The highest BCUT2D eigenvalue weighted by Crippen LogP contribution is 2.35. The highest BCUT2D eigenvalue weighted by Gasteiger charge is 2.11. The number of halogens is 2. The molecule has 3 aromatic carbocycles. The standard InChI is InChI=1S/C29H27Cl2NO5S/c30-23-6-4-21(5-7-23)2-3-22-16-24(36-13-1-10-32-11-14-35-15-12-32)18-26(17-22)38-25-8-9-28(27(31)19-25)37-20-29(33)34/h4-9,16-19H,1,10-15,20H2,(H,33,34). The van der Waals surface area contributed by atoms with Crippen LogP contribution in [0.5, 0.6) is 11.5 Å². The van der Waals surface area contributed by atoms with Crippen molar-refractivity contribution >= 4 is 40.9 Å². The minimum absolute atomic E-state index is 0.324. The monoisotopic (exact) mass is 571 g/mol. The van der Waals surface area contributed by atoms with Crippen LogP contribution in [0.25, 0.3) is 0 Å². The van der Waals surface area contributed by atoms with E-state index < -0.39 is 12.6 Å². The summed E-state index contributed by atoms with van der Waals surface area (Å²) in [6, 6.07) is 18.6. The van der Waals surface area contributed by atoms with Gasteiger partial charge < -0.3 is 19.3 Å². The summed E-state index contributed by atoms with van der Waals surface area (Å²) in [5.74, 6) is 6.41. The Hall–Kier alpha value is -2.86. The molecule has 4 rings (SSSR count). The zero-order valence-corrected chi connectivity index (χ0v) is 23.0. The van der Waals surface area contributed by atoms with Crippen LogP contribution in [0.2, 0.25) is 10.0 Å². The fourth-order valence-corrected chi connectivity index (χ4v) is 5.08. The predicted octanol–water partition coefficient (Wildman–Crippen LogP) is 6.11. The lowest BCUT2D eigenvalue weighted by Gasteiger charge is -2.26. The van der Waals surface area contributed by atoms with E-state index in [0.717, 1.165) is 65.9 Å². The Bertz CT molecular complexity index is 1300. The average Bonchev–Trinajstić information content (AvgIpc) is 2.91. The second-order valence-corrected chi connectivity index (χ2v) is 10.5. The maximum atomic E-state index is 10.8. The third kappa shape index (κ3) is 9.16. The molecule has 0 saturated carbocycles. The Kier molecular flexibility index (Phi) is 10.6. The number of nitrogens with zero attached hydrogens (tertiary/aromatic N) is 1. The van der Waals surface area contributed by atoms with Crippen LogP contribution in [-0.4, -0.2) is 62.0 Å². The molecule has 0 aromatic heterocycles. The molecule has 6 nitrogen and oxygen atoms in total. The molecule has 1 aliphatic heterocycles. The van der Waals surface area contributed by atoms with Crippen LogP contribution in [0.4, 0.5) is 0 Å². The zero-order valence-electron chi connectivity index (χ0n) is 20.6. The number of benzene rings is 3. The van der Waals surface area contributed by atoms with Gasteiger partial charge in [0.05, 0.1) is 24.8 Å². The van der Waals surface area contributed by atoms with Crippen molar-refractivity contribution < 1.29 is 24.1 Å². The third-order valence-corrected chi connectivity index (χ3v) is 7.07. The second-order valence-electron chi connectivity index (χ2n) is 8.48. The van der Waals surface area contributed by atoms with Gasteiger partial charge in [-0.25, -0.2) is 4.79 Å². The normalized spacial score (nSPS) is 13.4. The number of aliphatic carboxylic acids is 1. The molecular formula is C29H27Cl2NO5S. The summed E-state index contributed by atoms with van der Waals surface area (Å²) in [7, 11) is 0. The minimum Gasteiger partial charge on any atom is -0.493 e. The first-order chi connectivity index (χ1) is 18.4. The van der Waals surface area contributed by atoms with E-state index in [2.05, 4.69) is 16.7 Å². The predicted molar refractivity (Wildman–Crippen MR) is 150 cm³/mol. The summed E-state index contributed by atoms with van der Waals surface area (Å²) in [6.07, 6.45) is 0.913. The van der Waals surface area contributed by atoms with E-state index in [9.17, 15) is 4.79 Å². The van der Waals surface area contributed by atoms with E-state index in [0.29, 0.717) is 22.4 Å². The van der Waals surface area contributed by atoms with Crippen LogP contribution in [0.1, 0.15) is 17.5 Å². The van der Waals surface area contributed by atoms with Gasteiger partial charge in [-0.1, -0.05) is 46.8 Å². The number of carboxylic acids is 1. The molecule has 0 aliphatic carbocycles. The van der Waals surface area contributed by atoms with Gasteiger partial charge in [0.25, 0.3) is 0 Å². The Morgan fingerprint density at radius 2 is 1.71 bits per heavy atom. The first-order valence-corrected chi connectivity index (χ1v) is 13.7. The van der Waals surface area contributed by atoms with Crippen LogP contribution in [0.3, 0.4) is 0 Å². The molecule has 0 unspecified atom stereocenters. The zero-order chi connectivity index (χ0) is 26.7. The number of rotatable bonds is 10. The highest BCUT2D eigenvalue weighted by molar-refractivity contribution is 7.99. The molecule has 1 N–H and O–H groups in total. The van der Waals surface area contributed by atoms with E-state index in [1.165, 1.54) is 11.8 Å². The van der Waals surface area contributed by atoms with E-state index in [4.69, 9.17) is 42.5 Å². The van der Waals surface area contributed by atoms with Gasteiger partial charge in [-0.05, 0) is 67.1 Å². The van der Waals surface area contributed by atoms with Gasteiger partial charge in [-0.3, -0.25) is 4.90 Å². The minimum atomic E-state index is -1.06. The first kappa shape index (κ1) is 28.2. The largest absolute Gasteiger partial charge is 0.493 e. The van der Waals surface area contributed by atoms with Gasteiger partial charge >= 0.3 is 5.97 Å². The van der Waals surface area contributed by atoms with Crippen LogP contribution >= 0.6 is 35.0 Å². The number of morpholine rings is 1. The molecule has 0 atom stereocenters. The smallest absolute Gasteiger partial charge is 0.341 e. The second kappa shape index (κ2) is 14.3. The fourth-order valence-electron chi connectivity index (χ4n) is 3.70. The van der Waals surface area contributed by atoms with Crippen molar-refractivity contribution in [1.82, 2.24) is 4.90 Å². The van der Waals surface area contributed by atoms with Gasteiger partial charge in [0.2, 0.25) is 0 Å². The number of carboxylic acid groups (broad SMARTS) is 1. The van der Waals surface area contributed by atoms with Crippen LogP contribution < -0.4 is 9.47 Å². The van der Waals surface area contributed by atoms with Gasteiger partial charge in [-0.15, -0.1) is 0 Å². The molecule has 1 fully saturated rings. The summed E-state index contributed by atoms with van der Waals surface area (Å²) < 4.78 is 16.8. The maximum Gasteiger partial charge on any atom is 0.341 e. The van der Waals surface area contributed by atoms with Crippen molar-refractivity contribution in [2.45, 2.75) is 16.2 Å². The van der Waals surface area contributed by atoms with E-state index in [1.54, 1.807) is 12.1 Å². The Balaban J connectivity index is 1.48. The molecule has 9 heteroatoms. The highest BCUT2D eigenvalue weighted by atomic mass is 35.5. The van der Waals surface area contributed by atoms with Crippen LogP contribution in [0, 0.1) is 11.8 Å². The van der Waals surface area contributed by atoms with E-state index in [1.807, 2.05) is 48.5 Å². The molecule has 0 amide bonds. The number of ether oxygens (including phenoxy) is 3. The summed E-state index contributed by atoms with van der Waals surface area (Å²) in [5, 5.41) is 9.84. The lowest BCUT2D eigenvalue weighted by atomic mass is 10.2. The summed E-state index contributed by atoms with van der Waals surface area (Å²) in [4.78, 5) is 15.0. The Morgan fingerprint density at radius 1 is 0.947 bits per heavy atom. The molecule has 1 saturated heterocycles. The third-order valence-electron chi connectivity index (χ3n) is 5.56. The van der Waals surface area contributed by atoms with Gasteiger partial charge in [0.1, 0.15) is 11.5 Å². The van der Waals surface area contributed by atoms with Gasteiger partial charge in [0.15, 0.2) is 6.61 Å². The Labute approximate surface area is 236 Å². The fraction of sp³-hybridized carbons (Fsp3) is 0.276. The number of hydrogen-bond acceptors (Lipinski definition) is 6. The van der Waals surface area contributed by atoms with Crippen molar-refractivity contribution in [3.8, 4) is 23.3 Å². The van der Waals surface area contributed by atoms with Gasteiger partial charge in [0, 0.05) is 45.6 Å². The molecular weight excluding hydrogens is 545 g/mol. The van der Waals surface area contributed by atoms with E-state index in [-0.39, 0.29) is 0 Å². The SMILES string of the molecule is O=C(O)COc1ccc(Sc2cc(C#Cc3ccc(Cl)cc3)cc(OCCCN3CCOCC3)c2)cc1Cl. The maximum absolute atomic E-state index is 10.8. The molecule has 0 radical (unpaired) electrons. The Morgan fingerprint density at radius 3 is 2.45 bits per heavy atom. The molecule has 1 aliphatic rings. The van der Waals surface area contributed by atoms with Crippen molar-refractivity contribution in [3.05, 3.63) is 81.8 Å². The molecule has 0 spiro atoms. The molecule has 3 aromatic rings. The topological polar surface area (TPSA) is 68.2 Å². The van der Waals surface area contributed by atoms with Crippen LogP contribution in [-0.2, 0) is 9.53 Å². The van der Waals surface area contributed by atoms with Crippen molar-refractivity contribution in [3.63, 3.8) is 0 Å². The quantitative estimate of drug-likeness (QED) is 0.232. The number of carbonyl (C=O) groups is 1. The van der Waals surface area contributed by atoms with Crippen molar-refractivity contribution in [2.75, 3.05) is 46.1 Å². The molecule has 0 bridgehead atoms. The first-order valence-electron chi connectivity index (χ1n) is 12.1.